The van der Waals surface area contributed by atoms with Crippen molar-refractivity contribution >= 4 is 40.3 Å². The molecule has 0 radical (unpaired) electrons. The average Bonchev–Trinajstić information content (AvgIpc) is 2.82. The molecule has 0 bridgehead atoms. The summed E-state index contributed by atoms with van der Waals surface area (Å²) in [5.41, 5.74) is -0.166. The number of hydrogen-bond acceptors (Lipinski definition) is 6. The third-order valence-corrected chi connectivity index (χ3v) is 3.10. The zero-order chi connectivity index (χ0) is 17.4. The lowest BCUT2D eigenvalue weighted by Crippen LogP contribution is -2.34. The molecule has 23 heavy (non-hydrogen) atoms. The molecule has 0 unspecified atom stereocenters. The van der Waals surface area contributed by atoms with E-state index in [0.29, 0.717) is 11.0 Å². The maximum absolute atomic E-state index is 12.3. The number of ether oxygens (including phenoxy) is 2. The molecular weight excluding hydrogens is 324 g/mol. The van der Waals surface area contributed by atoms with Gasteiger partial charge in [-0.1, -0.05) is 11.6 Å². The van der Waals surface area contributed by atoms with E-state index < -0.39 is 17.7 Å². The summed E-state index contributed by atoms with van der Waals surface area (Å²) < 4.78 is 15.5. The molecule has 0 aliphatic heterocycles. The summed E-state index contributed by atoms with van der Waals surface area (Å²) in [5.74, 6) is -0.845. The summed E-state index contributed by atoms with van der Waals surface area (Å²) in [6.07, 6.45) is 0.731. The Morgan fingerprint density at radius 1 is 1.35 bits per heavy atom. The predicted octanol–water partition coefficient (Wildman–Crippen LogP) is 3.64. The second-order valence-electron chi connectivity index (χ2n) is 5.81. The van der Waals surface area contributed by atoms with Crippen LogP contribution in [0.5, 0.6) is 0 Å². The van der Waals surface area contributed by atoms with E-state index in [4.69, 9.17) is 25.5 Å². The average molecular weight is 341 g/mol. The number of fused-ring (bicyclic) bond motifs is 1. The van der Waals surface area contributed by atoms with Crippen molar-refractivity contribution in [3.63, 3.8) is 0 Å². The number of furan rings is 1. The predicted molar refractivity (Wildman–Crippen MR) is 85.0 cm³/mol. The Morgan fingerprint density at radius 2 is 2.00 bits per heavy atom. The summed E-state index contributed by atoms with van der Waals surface area (Å²) in [6, 6.07) is 1.50. The van der Waals surface area contributed by atoms with E-state index >= 15 is 0 Å². The van der Waals surface area contributed by atoms with Crippen LogP contribution < -0.4 is 4.90 Å². The number of nitrogens with zero attached hydrogens (tertiary/aromatic N) is 2. The SMILES string of the molecule is COC(=O)c1oc2cnc(Cl)cc2c1N(C)C(=O)OC(C)(C)C. The standard InChI is InChI=1S/C15H17ClN2O5/c1-15(2,3)23-14(20)18(4)11-8-6-10(16)17-7-9(8)22-12(11)13(19)21-5/h6-7H,1-5H3. The van der Waals surface area contributed by atoms with E-state index in [1.807, 2.05) is 0 Å². The van der Waals surface area contributed by atoms with Gasteiger partial charge in [-0.25, -0.2) is 14.6 Å². The first-order valence-corrected chi connectivity index (χ1v) is 7.15. The molecule has 2 heterocycles. The molecule has 0 atom stereocenters. The minimum atomic E-state index is -0.720. The van der Waals surface area contributed by atoms with Crippen LogP contribution in [0.3, 0.4) is 0 Å². The number of carbonyl (C=O) groups is 2. The lowest BCUT2D eigenvalue weighted by atomic mass is 10.2. The highest BCUT2D eigenvalue weighted by Gasteiger charge is 2.30. The van der Waals surface area contributed by atoms with Crippen LogP contribution in [0.15, 0.2) is 16.7 Å². The van der Waals surface area contributed by atoms with E-state index in [1.165, 1.54) is 31.3 Å². The van der Waals surface area contributed by atoms with Crippen LogP contribution in [0.4, 0.5) is 10.5 Å². The Bertz CT molecular complexity index is 763. The number of pyridine rings is 1. The van der Waals surface area contributed by atoms with Crippen molar-refractivity contribution < 1.29 is 23.5 Å². The highest BCUT2D eigenvalue weighted by Crippen LogP contribution is 2.35. The Morgan fingerprint density at radius 3 is 2.57 bits per heavy atom. The molecule has 0 aromatic carbocycles. The fraction of sp³-hybridized carbons (Fsp3) is 0.400. The van der Waals surface area contributed by atoms with Crippen molar-refractivity contribution in [1.29, 1.82) is 0 Å². The number of hydrogen-bond donors (Lipinski definition) is 0. The largest absolute Gasteiger partial charge is 0.463 e. The molecule has 2 aromatic heterocycles. The number of esters is 1. The summed E-state index contributed by atoms with van der Waals surface area (Å²) in [6.45, 7) is 5.23. The number of halogens is 1. The minimum absolute atomic E-state index is 0.125. The summed E-state index contributed by atoms with van der Waals surface area (Å²) in [4.78, 5) is 29.3. The van der Waals surface area contributed by atoms with Crippen LogP contribution in [0.1, 0.15) is 31.3 Å². The first-order chi connectivity index (χ1) is 10.6. The number of carbonyl (C=O) groups excluding carboxylic acids is 2. The molecule has 8 heteroatoms. The first kappa shape index (κ1) is 17.1. The van der Waals surface area contributed by atoms with Crippen molar-refractivity contribution in [3.05, 3.63) is 23.2 Å². The van der Waals surface area contributed by atoms with Crippen LogP contribution in [0.25, 0.3) is 11.0 Å². The van der Waals surface area contributed by atoms with Gasteiger partial charge < -0.3 is 13.9 Å². The van der Waals surface area contributed by atoms with Gasteiger partial charge in [-0.15, -0.1) is 0 Å². The summed E-state index contributed by atoms with van der Waals surface area (Å²) in [7, 11) is 2.69. The highest BCUT2D eigenvalue weighted by atomic mass is 35.5. The van der Waals surface area contributed by atoms with Gasteiger partial charge in [0.2, 0.25) is 5.76 Å². The van der Waals surface area contributed by atoms with E-state index in [9.17, 15) is 9.59 Å². The Balaban J connectivity index is 2.58. The zero-order valence-electron chi connectivity index (χ0n) is 13.5. The Hall–Kier alpha value is -2.28. The highest BCUT2D eigenvalue weighted by molar-refractivity contribution is 6.30. The summed E-state index contributed by atoms with van der Waals surface area (Å²) >= 11 is 5.90. The first-order valence-electron chi connectivity index (χ1n) is 6.77. The molecular formula is C15H17ClN2O5. The van der Waals surface area contributed by atoms with Gasteiger partial charge in [0, 0.05) is 12.4 Å². The molecule has 0 aliphatic carbocycles. The second-order valence-corrected chi connectivity index (χ2v) is 6.20. The van der Waals surface area contributed by atoms with E-state index in [0.717, 1.165) is 0 Å². The van der Waals surface area contributed by atoms with Gasteiger partial charge in [-0.3, -0.25) is 4.90 Å². The fourth-order valence-electron chi connectivity index (χ4n) is 1.95. The van der Waals surface area contributed by atoms with Crippen LogP contribution in [0, 0.1) is 0 Å². The van der Waals surface area contributed by atoms with Crippen molar-refractivity contribution in [2.45, 2.75) is 26.4 Å². The molecule has 0 spiro atoms. The maximum Gasteiger partial charge on any atom is 0.414 e. The normalized spacial score (nSPS) is 11.4. The van der Waals surface area contributed by atoms with E-state index in [2.05, 4.69) is 4.98 Å². The number of anilines is 1. The van der Waals surface area contributed by atoms with E-state index in [1.54, 1.807) is 20.8 Å². The molecule has 0 fully saturated rings. The number of methoxy groups -OCH3 is 1. The van der Waals surface area contributed by atoms with Crippen molar-refractivity contribution in [1.82, 2.24) is 4.98 Å². The van der Waals surface area contributed by atoms with Gasteiger partial charge in [0.05, 0.1) is 13.3 Å². The third-order valence-electron chi connectivity index (χ3n) is 2.89. The molecule has 2 aromatic rings. The van der Waals surface area contributed by atoms with E-state index in [-0.39, 0.29) is 16.6 Å². The number of aromatic nitrogens is 1. The topological polar surface area (TPSA) is 81.9 Å². The number of amides is 1. The zero-order valence-corrected chi connectivity index (χ0v) is 14.2. The van der Waals surface area contributed by atoms with Crippen molar-refractivity contribution in [3.8, 4) is 0 Å². The van der Waals surface area contributed by atoms with Gasteiger partial charge in [0.1, 0.15) is 16.4 Å². The van der Waals surface area contributed by atoms with Crippen LogP contribution in [0.2, 0.25) is 5.15 Å². The minimum Gasteiger partial charge on any atom is -0.463 e. The van der Waals surface area contributed by atoms with Gasteiger partial charge in [0.15, 0.2) is 5.58 Å². The van der Waals surface area contributed by atoms with Gasteiger partial charge in [0.25, 0.3) is 0 Å². The third kappa shape index (κ3) is 3.56. The lowest BCUT2D eigenvalue weighted by Gasteiger charge is -2.24. The van der Waals surface area contributed by atoms with Gasteiger partial charge >= 0.3 is 12.1 Å². The molecule has 1 amide bonds. The van der Waals surface area contributed by atoms with Gasteiger partial charge in [-0.05, 0) is 26.8 Å². The monoisotopic (exact) mass is 340 g/mol. The molecule has 124 valence electrons. The quantitative estimate of drug-likeness (QED) is 0.613. The maximum atomic E-state index is 12.3. The van der Waals surface area contributed by atoms with Crippen LogP contribution >= 0.6 is 11.6 Å². The molecule has 0 aliphatic rings. The molecule has 7 nitrogen and oxygen atoms in total. The second kappa shape index (κ2) is 6.08. The molecule has 0 saturated heterocycles. The van der Waals surface area contributed by atoms with Crippen molar-refractivity contribution in [2.24, 2.45) is 0 Å². The van der Waals surface area contributed by atoms with Crippen LogP contribution in [-0.4, -0.2) is 36.8 Å². The molecule has 0 saturated carbocycles. The van der Waals surface area contributed by atoms with Gasteiger partial charge in [-0.2, -0.15) is 0 Å². The fourth-order valence-corrected chi connectivity index (χ4v) is 2.11. The summed E-state index contributed by atoms with van der Waals surface area (Å²) in [5, 5.41) is 0.660. The number of rotatable bonds is 2. The Kier molecular flexibility index (Phi) is 4.51. The molecule has 2 rings (SSSR count). The van der Waals surface area contributed by atoms with Crippen LogP contribution in [-0.2, 0) is 9.47 Å². The smallest absolute Gasteiger partial charge is 0.414 e. The lowest BCUT2D eigenvalue weighted by molar-refractivity contribution is 0.0566. The van der Waals surface area contributed by atoms with Crippen molar-refractivity contribution in [2.75, 3.05) is 19.1 Å². The molecule has 0 N–H and O–H groups in total. The Labute approximate surface area is 138 Å².